The molecule has 0 unspecified atom stereocenters. The van der Waals surface area contributed by atoms with Crippen molar-refractivity contribution in [3.8, 4) is 9.75 Å². The van der Waals surface area contributed by atoms with Crippen LogP contribution in [0.5, 0.6) is 0 Å². The van der Waals surface area contributed by atoms with E-state index in [0.29, 0.717) is 0 Å². The van der Waals surface area contributed by atoms with Gasteiger partial charge in [0.2, 0.25) is 0 Å². The maximum absolute atomic E-state index is 2.42. The molecule has 2 aromatic heterocycles. The topological polar surface area (TPSA) is 0 Å². The van der Waals surface area contributed by atoms with Crippen molar-refractivity contribution in [3.63, 3.8) is 0 Å². The van der Waals surface area contributed by atoms with E-state index < -0.39 is 0 Å². The molecular weight excluding hydrogens is 438 g/mol. The van der Waals surface area contributed by atoms with Gasteiger partial charge in [0, 0.05) is 16.9 Å². The lowest BCUT2D eigenvalue weighted by Gasteiger charge is -1.94. The van der Waals surface area contributed by atoms with Crippen molar-refractivity contribution >= 4 is 67.9 Å². The highest BCUT2D eigenvalue weighted by molar-refractivity contribution is 14.1. The van der Waals surface area contributed by atoms with Crippen LogP contribution in [0.1, 0.15) is 9.75 Å². The lowest BCUT2D eigenvalue weighted by Crippen LogP contribution is -1.71. The fourth-order valence-electron chi connectivity index (χ4n) is 1.28. The van der Waals surface area contributed by atoms with Crippen LogP contribution in [-0.2, 0) is 0 Å². The van der Waals surface area contributed by atoms with Crippen molar-refractivity contribution in [2.45, 2.75) is 13.8 Å². The number of hydrogen-bond acceptors (Lipinski definition) is 2. The molecule has 0 saturated heterocycles. The number of halogens is 2. The van der Waals surface area contributed by atoms with Crippen molar-refractivity contribution in [1.29, 1.82) is 0 Å². The highest BCUT2D eigenvalue weighted by atomic mass is 127. The predicted molar refractivity (Wildman–Crippen MR) is 82.5 cm³/mol. The van der Waals surface area contributed by atoms with Gasteiger partial charge in [0.25, 0.3) is 0 Å². The molecule has 2 heterocycles. The minimum atomic E-state index is 1.38. The molecule has 2 aromatic rings. The summed E-state index contributed by atoms with van der Waals surface area (Å²) in [6, 6.07) is 4.51. The summed E-state index contributed by atoms with van der Waals surface area (Å²) in [6.45, 7) is 4.34. The first-order chi connectivity index (χ1) is 6.58. The molecule has 0 nitrogen and oxygen atoms in total. The van der Waals surface area contributed by atoms with Crippen molar-refractivity contribution in [2.24, 2.45) is 0 Å². The van der Waals surface area contributed by atoms with Gasteiger partial charge in [-0.05, 0) is 71.2 Å². The van der Waals surface area contributed by atoms with Gasteiger partial charge in [0.1, 0.15) is 0 Å². The molecule has 74 valence electrons. The molecule has 2 rings (SSSR count). The van der Waals surface area contributed by atoms with Gasteiger partial charge in [-0.25, -0.2) is 0 Å². The molecule has 0 fully saturated rings. The molecule has 0 amide bonds. The summed E-state index contributed by atoms with van der Waals surface area (Å²) in [4.78, 5) is 5.66. The van der Waals surface area contributed by atoms with E-state index >= 15 is 0 Å². The van der Waals surface area contributed by atoms with Crippen molar-refractivity contribution in [2.75, 3.05) is 0 Å². The Bertz CT molecular complexity index is 424. The lowest BCUT2D eigenvalue weighted by atomic mass is 10.3. The fourth-order valence-corrected chi connectivity index (χ4v) is 6.16. The Morgan fingerprint density at radius 2 is 1.21 bits per heavy atom. The first-order valence-corrected chi connectivity index (χ1v) is 7.89. The Morgan fingerprint density at radius 1 is 0.857 bits per heavy atom. The Labute approximate surface area is 119 Å². The Kier molecular flexibility index (Phi) is 3.56. The zero-order valence-corrected chi connectivity index (χ0v) is 13.7. The summed E-state index contributed by atoms with van der Waals surface area (Å²) in [5.41, 5.74) is 0. The van der Waals surface area contributed by atoms with Crippen molar-refractivity contribution in [3.05, 3.63) is 29.0 Å². The van der Waals surface area contributed by atoms with Crippen LogP contribution >= 0.6 is 67.9 Å². The van der Waals surface area contributed by atoms with Crippen LogP contribution in [0, 0.1) is 21.0 Å². The summed E-state index contributed by atoms with van der Waals surface area (Å²) in [6.07, 6.45) is 0. The maximum Gasteiger partial charge on any atom is 0.0589 e. The van der Waals surface area contributed by atoms with Crippen LogP contribution in [0.15, 0.2) is 12.1 Å². The van der Waals surface area contributed by atoms with Crippen molar-refractivity contribution < 1.29 is 0 Å². The molecular formula is C10H8I2S2. The third-order valence-corrected chi connectivity index (χ3v) is 6.52. The summed E-state index contributed by atoms with van der Waals surface area (Å²) >= 11 is 8.63. The van der Waals surface area contributed by atoms with Crippen LogP contribution in [-0.4, -0.2) is 0 Å². The van der Waals surface area contributed by atoms with Gasteiger partial charge in [-0.2, -0.15) is 0 Å². The van der Waals surface area contributed by atoms with Gasteiger partial charge in [0.15, 0.2) is 0 Å². The summed E-state index contributed by atoms with van der Waals surface area (Å²) in [7, 11) is 0. The molecule has 0 aliphatic carbocycles. The van der Waals surface area contributed by atoms with E-state index in [0.717, 1.165) is 0 Å². The van der Waals surface area contributed by atoms with E-state index in [9.17, 15) is 0 Å². The second-order valence-electron chi connectivity index (χ2n) is 3.07. The monoisotopic (exact) mass is 446 g/mol. The zero-order chi connectivity index (χ0) is 10.3. The van der Waals surface area contributed by atoms with Crippen LogP contribution in [0.25, 0.3) is 9.75 Å². The Hall–Kier alpha value is 0.860. The number of rotatable bonds is 1. The Morgan fingerprint density at radius 3 is 1.43 bits per heavy atom. The standard InChI is InChI=1S/C10H8I2S2/c1-5-3-7(11)9(13-5)10-8(12)4-6(2)14-10/h3-4H,1-2H3. The molecule has 0 saturated carbocycles. The number of aryl methyl sites for hydroxylation is 2. The molecule has 0 spiro atoms. The quantitative estimate of drug-likeness (QED) is 0.522. The zero-order valence-electron chi connectivity index (χ0n) is 7.73. The SMILES string of the molecule is Cc1cc(I)c(-c2sc(C)cc2I)s1. The highest BCUT2D eigenvalue weighted by Gasteiger charge is 2.12. The number of thiophene rings is 2. The molecule has 0 radical (unpaired) electrons. The number of hydrogen-bond donors (Lipinski definition) is 0. The van der Waals surface area contributed by atoms with E-state index in [1.165, 1.54) is 26.6 Å². The van der Waals surface area contributed by atoms with Gasteiger partial charge in [0.05, 0.1) is 9.75 Å². The molecule has 0 bridgehead atoms. The van der Waals surface area contributed by atoms with Crippen molar-refractivity contribution in [1.82, 2.24) is 0 Å². The molecule has 0 aromatic carbocycles. The van der Waals surface area contributed by atoms with E-state index in [2.05, 4.69) is 71.2 Å². The van der Waals surface area contributed by atoms with Crippen LogP contribution in [0.4, 0.5) is 0 Å². The third-order valence-electron chi connectivity index (χ3n) is 1.83. The summed E-state index contributed by atoms with van der Waals surface area (Å²) in [5, 5.41) is 0. The van der Waals surface area contributed by atoms with Gasteiger partial charge in [-0.1, -0.05) is 0 Å². The average molecular weight is 446 g/mol. The van der Waals surface area contributed by atoms with Crippen LogP contribution in [0.3, 0.4) is 0 Å². The first-order valence-electron chi connectivity index (χ1n) is 4.10. The largest absolute Gasteiger partial charge is 0.139 e. The third kappa shape index (κ3) is 2.17. The Balaban J connectivity index is 2.59. The normalized spacial score (nSPS) is 10.9. The highest BCUT2D eigenvalue weighted by Crippen LogP contribution is 2.40. The maximum atomic E-state index is 2.42. The van der Waals surface area contributed by atoms with E-state index in [4.69, 9.17) is 0 Å². The second-order valence-corrected chi connectivity index (χ2v) is 7.91. The van der Waals surface area contributed by atoms with Gasteiger partial charge in [-0.15, -0.1) is 22.7 Å². The second kappa shape index (κ2) is 4.39. The van der Waals surface area contributed by atoms with E-state index in [-0.39, 0.29) is 0 Å². The molecule has 4 heteroatoms. The summed E-state index contributed by atoms with van der Waals surface area (Å²) < 4.78 is 2.76. The molecule has 0 aliphatic rings. The summed E-state index contributed by atoms with van der Waals surface area (Å²) in [5.74, 6) is 0. The smallest absolute Gasteiger partial charge is 0.0589 e. The predicted octanol–water partition coefficient (Wildman–Crippen LogP) is 5.30. The minimum absolute atomic E-state index is 1.38. The fraction of sp³-hybridized carbons (Fsp3) is 0.200. The van der Waals surface area contributed by atoms with Gasteiger partial charge >= 0.3 is 0 Å². The van der Waals surface area contributed by atoms with Crippen LogP contribution in [0.2, 0.25) is 0 Å². The molecule has 0 atom stereocenters. The van der Waals surface area contributed by atoms with E-state index in [1.807, 2.05) is 22.7 Å². The van der Waals surface area contributed by atoms with E-state index in [1.54, 1.807) is 0 Å². The van der Waals surface area contributed by atoms with Crippen LogP contribution < -0.4 is 0 Å². The lowest BCUT2D eigenvalue weighted by molar-refractivity contribution is 1.61. The van der Waals surface area contributed by atoms with Gasteiger partial charge in [-0.3, -0.25) is 0 Å². The molecule has 14 heavy (non-hydrogen) atoms. The molecule has 0 N–H and O–H groups in total. The average Bonchev–Trinajstić information content (AvgIpc) is 2.55. The first kappa shape index (κ1) is 11.3. The van der Waals surface area contributed by atoms with Gasteiger partial charge < -0.3 is 0 Å². The molecule has 0 aliphatic heterocycles. The minimum Gasteiger partial charge on any atom is -0.139 e.